The van der Waals surface area contributed by atoms with Gasteiger partial charge in [-0.05, 0) is 40.9 Å². The van der Waals surface area contributed by atoms with Crippen LogP contribution in [0, 0.1) is 13.8 Å². The number of rotatable bonds is 2. The first kappa shape index (κ1) is 10.3. The first-order valence-corrected chi connectivity index (χ1v) is 4.79. The molecule has 0 saturated heterocycles. The van der Waals surface area contributed by atoms with Gasteiger partial charge in [-0.1, -0.05) is 0 Å². The summed E-state index contributed by atoms with van der Waals surface area (Å²) >= 11 is 3.38. The minimum absolute atomic E-state index is 0.623. The van der Waals surface area contributed by atoms with E-state index in [-0.39, 0.29) is 0 Å². The van der Waals surface area contributed by atoms with Gasteiger partial charge in [0.1, 0.15) is 10.3 Å². The summed E-state index contributed by atoms with van der Waals surface area (Å²) in [6, 6.07) is 0. The second kappa shape index (κ2) is 3.96. The summed E-state index contributed by atoms with van der Waals surface area (Å²) in [7, 11) is 3.48. The van der Waals surface area contributed by atoms with Crippen LogP contribution in [0.4, 0.5) is 5.69 Å². The molecule has 0 atom stereocenters. The van der Waals surface area contributed by atoms with Crippen molar-refractivity contribution in [3.8, 4) is 5.88 Å². The average Bonchev–Trinajstić information content (AvgIpc) is 2.13. The Morgan fingerprint density at radius 1 is 1.31 bits per heavy atom. The Kier molecular flexibility index (Phi) is 3.14. The molecule has 0 amide bonds. The first-order chi connectivity index (χ1) is 6.11. The molecule has 0 bridgehead atoms. The molecule has 0 unspecified atom stereocenters. The van der Waals surface area contributed by atoms with Crippen molar-refractivity contribution < 1.29 is 4.74 Å². The van der Waals surface area contributed by atoms with Gasteiger partial charge in [-0.2, -0.15) is 0 Å². The minimum atomic E-state index is 0.623. The molecule has 0 aromatic carbocycles. The lowest BCUT2D eigenvalue weighted by molar-refractivity contribution is 0.398. The van der Waals surface area contributed by atoms with Crippen LogP contribution in [-0.2, 0) is 0 Å². The molecule has 0 saturated carbocycles. The Labute approximate surface area is 86.6 Å². The molecule has 1 aromatic heterocycles. The topological polar surface area (TPSA) is 34.1 Å². The molecule has 0 radical (unpaired) electrons. The fourth-order valence-corrected chi connectivity index (χ4v) is 1.63. The predicted molar refractivity (Wildman–Crippen MR) is 57.5 cm³/mol. The number of aromatic nitrogens is 1. The maximum Gasteiger partial charge on any atom is 0.238 e. The minimum Gasteiger partial charge on any atom is -0.479 e. The molecule has 0 aliphatic rings. The van der Waals surface area contributed by atoms with Crippen LogP contribution in [0.3, 0.4) is 0 Å². The summed E-state index contributed by atoms with van der Waals surface area (Å²) in [4.78, 5) is 4.25. The third-order valence-corrected chi connectivity index (χ3v) is 2.88. The van der Waals surface area contributed by atoms with Crippen molar-refractivity contribution in [3.05, 3.63) is 15.7 Å². The van der Waals surface area contributed by atoms with Crippen LogP contribution in [0.5, 0.6) is 5.88 Å². The fraction of sp³-hybridized carbons (Fsp3) is 0.444. The standard InChI is InChI=1S/C9H13BrN2O/c1-5-6(2)8(10)12-9(13-4)7(5)11-3/h11H,1-4H3. The first-order valence-electron chi connectivity index (χ1n) is 4.00. The summed E-state index contributed by atoms with van der Waals surface area (Å²) in [6.45, 7) is 4.06. The Morgan fingerprint density at radius 3 is 2.38 bits per heavy atom. The van der Waals surface area contributed by atoms with Gasteiger partial charge in [-0.3, -0.25) is 0 Å². The van der Waals surface area contributed by atoms with Crippen LogP contribution >= 0.6 is 15.9 Å². The van der Waals surface area contributed by atoms with Crippen LogP contribution in [0.2, 0.25) is 0 Å². The van der Waals surface area contributed by atoms with Crippen LogP contribution in [0.1, 0.15) is 11.1 Å². The van der Waals surface area contributed by atoms with Crippen LogP contribution in [0.15, 0.2) is 4.60 Å². The molecule has 72 valence electrons. The molecule has 1 aromatic rings. The van der Waals surface area contributed by atoms with Gasteiger partial charge in [0, 0.05) is 7.05 Å². The maximum atomic E-state index is 5.15. The average molecular weight is 245 g/mol. The Balaban J connectivity index is 3.39. The number of nitrogens with one attached hydrogen (secondary N) is 1. The van der Waals surface area contributed by atoms with Crippen molar-refractivity contribution in [2.75, 3.05) is 19.5 Å². The molecule has 0 aliphatic carbocycles. The molecule has 0 aliphatic heterocycles. The number of pyridine rings is 1. The number of ether oxygens (including phenoxy) is 1. The second-order valence-corrected chi connectivity index (χ2v) is 3.54. The molecular weight excluding hydrogens is 232 g/mol. The fourth-order valence-electron chi connectivity index (χ4n) is 1.17. The number of methoxy groups -OCH3 is 1. The summed E-state index contributed by atoms with van der Waals surface area (Å²) in [5, 5.41) is 3.07. The van der Waals surface area contributed by atoms with E-state index < -0.39 is 0 Å². The highest BCUT2D eigenvalue weighted by Crippen LogP contribution is 2.31. The lowest BCUT2D eigenvalue weighted by atomic mass is 10.1. The summed E-state index contributed by atoms with van der Waals surface area (Å²) < 4.78 is 5.98. The number of nitrogens with zero attached hydrogens (tertiary/aromatic N) is 1. The summed E-state index contributed by atoms with van der Waals surface area (Å²) in [5.74, 6) is 0.623. The van der Waals surface area contributed by atoms with Crippen molar-refractivity contribution in [2.45, 2.75) is 13.8 Å². The van der Waals surface area contributed by atoms with Crippen molar-refractivity contribution in [3.63, 3.8) is 0 Å². The number of hydrogen-bond acceptors (Lipinski definition) is 3. The molecule has 13 heavy (non-hydrogen) atoms. The van der Waals surface area contributed by atoms with E-state index in [0.29, 0.717) is 5.88 Å². The Bertz CT molecular complexity index is 326. The van der Waals surface area contributed by atoms with E-state index in [4.69, 9.17) is 4.74 Å². The van der Waals surface area contributed by atoms with Gasteiger partial charge in [0.25, 0.3) is 0 Å². The van der Waals surface area contributed by atoms with Gasteiger partial charge in [0.05, 0.1) is 7.11 Å². The van der Waals surface area contributed by atoms with E-state index in [9.17, 15) is 0 Å². The Morgan fingerprint density at radius 2 is 1.92 bits per heavy atom. The van der Waals surface area contributed by atoms with E-state index >= 15 is 0 Å². The molecule has 0 fully saturated rings. The number of anilines is 1. The van der Waals surface area contributed by atoms with Crippen LogP contribution in [0.25, 0.3) is 0 Å². The predicted octanol–water partition coefficient (Wildman–Crippen LogP) is 2.51. The molecule has 1 N–H and O–H groups in total. The largest absolute Gasteiger partial charge is 0.479 e. The maximum absolute atomic E-state index is 5.15. The van der Waals surface area contributed by atoms with Gasteiger partial charge in [0.15, 0.2) is 0 Å². The zero-order valence-electron chi connectivity index (χ0n) is 8.23. The number of hydrogen-bond donors (Lipinski definition) is 1. The lowest BCUT2D eigenvalue weighted by Gasteiger charge is -2.13. The summed E-state index contributed by atoms with van der Waals surface area (Å²) in [6.07, 6.45) is 0. The quantitative estimate of drug-likeness (QED) is 0.813. The highest BCUT2D eigenvalue weighted by Gasteiger charge is 2.11. The van der Waals surface area contributed by atoms with Gasteiger partial charge in [-0.15, -0.1) is 0 Å². The van der Waals surface area contributed by atoms with E-state index in [0.717, 1.165) is 21.4 Å². The van der Waals surface area contributed by atoms with Crippen molar-refractivity contribution in [2.24, 2.45) is 0 Å². The van der Waals surface area contributed by atoms with Gasteiger partial charge in [0.2, 0.25) is 5.88 Å². The summed E-state index contributed by atoms with van der Waals surface area (Å²) in [5.41, 5.74) is 3.23. The van der Waals surface area contributed by atoms with Gasteiger partial charge in [-0.25, -0.2) is 4.98 Å². The van der Waals surface area contributed by atoms with Crippen molar-refractivity contribution >= 4 is 21.6 Å². The lowest BCUT2D eigenvalue weighted by Crippen LogP contribution is -2.01. The second-order valence-electron chi connectivity index (χ2n) is 2.79. The molecule has 3 nitrogen and oxygen atoms in total. The number of halogens is 1. The highest BCUT2D eigenvalue weighted by atomic mass is 79.9. The molecular formula is C9H13BrN2O. The zero-order chi connectivity index (χ0) is 10.0. The van der Waals surface area contributed by atoms with E-state index in [1.165, 1.54) is 0 Å². The van der Waals surface area contributed by atoms with E-state index in [2.05, 4.69) is 26.2 Å². The molecule has 0 spiro atoms. The van der Waals surface area contributed by atoms with Crippen LogP contribution in [-0.4, -0.2) is 19.1 Å². The van der Waals surface area contributed by atoms with Gasteiger partial charge < -0.3 is 10.1 Å². The molecule has 4 heteroatoms. The van der Waals surface area contributed by atoms with Crippen molar-refractivity contribution in [1.82, 2.24) is 4.98 Å². The zero-order valence-corrected chi connectivity index (χ0v) is 9.82. The SMILES string of the molecule is CNc1c(OC)nc(Br)c(C)c1C. The van der Waals surface area contributed by atoms with Crippen molar-refractivity contribution in [1.29, 1.82) is 0 Å². The van der Waals surface area contributed by atoms with E-state index in [1.54, 1.807) is 7.11 Å². The normalized spacial score (nSPS) is 9.92. The Hall–Kier alpha value is -0.770. The third-order valence-electron chi connectivity index (χ3n) is 2.10. The van der Waals surface area contributed by atoms with E-state index in [1.807, 2.05) is 20.9 Å². The van der Waals surface area contributed by atoms with Gasteiger partial charge >= 0.3 is 0 Å². The monoisotopic (exact) mass is 244 g/mol. The third kappa shape index (κ3) is 1.77. The molecule has 1 heterocycles. The molecule has 1 rings (SSSR count). The van der Waals surface area contributed by atoms with Crippen LogP contribution < -0.4 is 10.1 Å². The highest BCUT2D eigenvalue weighted by molar-refractivity contribution is 9.10. The smallest absolute Gasteiger partial charge is 0.238 e.